The average Bonchev–Trinajstić information content (AvgIpc) is 1.99. The second-order valence-electron chi connectivity index (χ2n) is 3.83. The van der Waals surface area contributed by atoms with Crippen molar-refractivity contribution < 1.29 is 33.8 Å². The van der Waals surface area contributed by atoms with Gasteiger partial charge in [0.2, 0.25) is 0 Å². The summed E-state index contributed by atoms with van der Waals surface area (Å²) in [5.41, 5.74) is -1.19. The lowest BCUT2D eigenvalue weighted by atomic mass is 10.0. The van der Waals surface area contributed by atoms with Crippen LogP contribution in [0.15, 0.2) is 0 Å². The van der Waals surface area contributed by atoms with Crippen molar-refractivity contribution in [2.75, 3.05) is 4.43 Å². The smallest absolute Gasteiger partial charge is 0.340 e. The van der Waals surface area contributed by atoms with Crippen LogP contribution in [0.2, 0.25) is 0 Å². The molecule has 0 saturated carbocycles. The summed E-state index contributed by atoms with van der Waals surface area (Å²) in [6.07, 6.45) is -0.513. The normalized spacial score (nSPS) is 17.5. The van der Waals surface area contributed by atoms with Crippen molar-refractivity contribution in [3.8, 4) is 0 Å². The molecule has 0 aliphatic heterocycles. The van der Waals surface area contributed by atoms with Gasteiger partial charge in [0.15, 0.2) is 5.40 Å². The summed E-state index contributed by atoms with van der Waals surface area (Å²) in [6, 6.07) is 0. The predicted octanol–water partition coefficient (Wildman–Crippen LogP) is 0.634. The fourth-order valence-corrected chi connectivity index (χ4v) is 3.92. The van der Waals surface area contributed by atoms with Crippen LogP contribution in [0.3, 0.4) is 0 Å². The second kappa shape index (κ2) is 5.75. The van der Waals surface area contributed by atoms with E-state index in [0.717, 1.165) is 0 Å². The van der Waals surface area contributed by atoms with E-state index in [2.05, 4.69) is 0 Å². The molecule has 0 rings (SSSR count). The van der Waals surface area contributed by atoms with Crippen molar-refractivity contribution in [1.82, 2.24) is 0 Å². The third-order valence-corrected chi connectivity index (χ3v) is 7.52. The van der Waals surface area contributed by atoms with Crippen molar-refractivity contribution in [2.24, 2.45) is 0 Å². The van der Waals surface area contributed by atoms with Gasteiger partial charge in [0.05, 0.1) is 5.60 Å². The highest BCUT2D eigenvalue weighted by molar-refractivity contribution is 14.1. The number of rotatable bonds is 6. The number of alkyl halides is 1. The fraction of sp³-hybridized carbons (Fsp3) is 1.00. The molecular weight excluding hydrogens is 373 g/mol. The Balaban J connectivity index is 4.74. The van der Waals surface area contributed by atoms with Crippen LogP contribution in [-0.2, 0) is 9.13 Å². The van der Waals surface area contributed by atoms with E-state index in [4.69, 9.17) is 19.6 Å². The van der Waals surface area contributed by atoms with Gasteiger partial charge in [-0.1, -0.05) is 22.6 Å². The molecule has 5 N–H and O–H groups in total. The molecule has 0 aliphatic carbocycles. The van der Waals surface area contributed by atoms with E-state index in [9.17, 15) is 14.2 Å². The van der Waals surface area contributed by atoms with Crippen molar-refractivity contribution in [3.63, 3.8) is 0 Å². The van der Waals surface area contributed by atoms with Crippen molar-refractivity contribution in [1.29, 1.82) is 0 Å². The van der Waals surface area contributed by atoms with Crippen LogP contribution in [0.25, 0.3) is 0 Å². The molecule has 0 aliphatic rings. The predicted molar refractivity (Wildman–Crippen MR) is 66.6 cm³/mol. The minimum absolute atomic E-state index is 0.0865. The standard InChI is InChI=1S/C6H15IO7P2/c1-6(8,4-7)3-2-5(15(9,10)11)16(12,13)14/h5,8H,2-4H2,1H3,(H2,9,10,11)(H2,12,13,14). The number of hydrogen-bond acceptors (Lipinski definition) is 3. The minimum Gasteiger partial charge on any atom is -0.389 e. The largest absolute Gasteiger partial charge is 0.389 e. The Kier molecular flexibility index (Phi) is 6.11. The van der Waals surface area contributed by atoms with Gasteiger partial charge < -0.3 is 24.7 Å². The molecule has 0 fully saturated rings. The lowest BCUT2D eigenvalue weighted by molar-refractivity contribution is 0.0771. The second-order valence-corrected chi connectivity index (χ2v) is 8.60. The molecule has 0 aromatic heterocycles. The Morgan fingerprint density at radius 2 is 1.56 bits per heavy atom. The van der Waals surface area contributed by atoms with E-state index in [1.807, 2.05) is 22.6 Å². The first-order chi connectivity index (χ1) is 6.90. The first-order valence-corrected chi connectivity index (χ1v) is 9.18. The van der Waals surface area contributed by atoms with Crippen molar-refractivity contribution in [3.05, 3.63) is 0 Å². The zero-order chi connectivity index (χ0) is 13.2. The van der Waals surface area contributed by atoms with E-state index in [1.54, 1.807) is 0 Å². The van der Waals surface area contributed by atoms with Crippen LogP contribution in [0.1, 0.15) is 19.8 Å². The van der Waals surface area contributed by atoms with E-state index in [0.29, 0.717) is 4.43 Å². The van der Waals surface area contributed by atoms with Gasteiger partial charge in [0.25, 0.3) is 0 Å². The minimum atomic E-state index is -4.87. The van der Waals surface area contributed by atoms with Crippen LogP contribution < -0.4 is 0 Å². The van der Waals surface area contributed by atoms with Gasteiger partial charge in [-0.2, -0.15) is 0 Å². The summed E-state index contributed by atoms with van der Waals surface area (Å²) >= 11 is 1.88. The van der Waals surface area contributed by atoms with Crippen LogP contribution in [0, 0.1) is 0 Å². The molecule has 0 spiro atoms. The number of aliphatic hydroxyl groups is 1. The molecule has 1 atom stereocenters. The maximum absolute atomic E-state index is 10.9. The summed E-state index contributed by atoms with van der Waals surface area (Å²) in [5.74, 6) is 0. The summed E-state index contributed by atoms with van der Waals surface area (Å²) in [4.78, 5) is 35.3. The third kappa shape index (κ3) is 6.07. The van der Waals surface area contributed by atoms with Crippen molar-refractivity contribution in [2.45, 2.75) is 30.8 Å². The molecule has 0 saturated heterocycles. The Morgan fingerprint density at radius 1 is 1.19 bits per heavy atom. The molecule has 0 aromatic rings. The van der Waals surface area contributed by atoms with Crippen LogP contribution in [-0.4, -0.2) is 40.1 Å². The first-order valence-electron chi connectivity index (χ1n) is 4.29. The molecule has 1 unspecified atom stereocenters. The Morgan fingerprint density at radius 3 is 1.81 bits per heavy atom. The topological polar surface area (TPSA) is 135 Å². The SMILES string of the molecule is CC(O)(CI)CCC(P(=O)(O)O)P(=O)(O)O. The maximum atomic E-state index is 10.9. The molecular formula is C6H15IO7P2. The lowest BCUT2D eigenvalue weighted by Gasteiger charge is -2.25. The van der Waals surface area contributed by atoms with E-state index in [1.165, 1.54) is 6.92 Å². The van der Waals surface area contributed by atoms with Gasteiger partial charge in [-0.15, -0.1) is 0 Å². The lowest BCUT2D eigenvalue weighted by Crippen LogP contribution is -2.27. The van der Waals surface area contributed by atoms with Gasteiger partial charge in [-0.3, -0.25) is 9.13 Å². The average molecular weight is 388 g/mol. The monoisotopic (exact) mass is 388 g/mol. The summed E-state index contributed by atoms with van der Waals surface area (Å²) < 4.78 is 22.1. The van der Waals surface area contributed by atoms with Gasteiger partial charge in [0, 0.05) is 4.43 Å². The number of hydrogen-bond donors (Lipinski definition) is 5. The van der Waals surface area contributed by atoms with E-state index < -0.39 is 32.6 Å². The first kappa shape index (κ1) is 17.0. The summed E-state index contributed by atoms with van der Waals surface area (Å²) in [5, 5.41) is 7.56. The van der Waals surface area contributed by atoms with E-state index in [-0.39, 0.29) is 6.42 Å². The van der Waals surface area contributed by atoms with E-state index >= 15 is 0 Å². The summed E-state index contributed by atoms with van der Waals surface area (Å²) in [7, 11) is -9.74. The Bertz CT molecular complexity index is 297. The molecule has 0 amide bonds. The van der Waals surface area contributed by atoms with Gasteiger partial charge in [0.1, 0.15) is 0 Å². The zero-order valence-corrected chi connectivity index (χ0v) is 12.5. The maximum Gasteiger partial charge on any atom is 0.340 e. The molecule has 0 radical (unpaired) electrons. The van der Waals surface area contributed by atoms with Crippen LogP contribution in [0.4, 0.5) is 0 Å². The molecule has 0 aromatic carbocycles. The van der Waals surface area contributed by atoms with Crippen LogP contribution >= 0.6 is 37.8 Å². The molecule has 16 heavy (non-hydrogen) atoms. The van der Waals surface area contributed by atoms with Gasteiger partial charge >= 0.3 is 15.2 Å². The quantitative estimate of drug-likeness (QED) is 0.256. The summed E-state index contributed by atoms with van der Waals surface area (Å²) in [6.45, 7) is 1.44. The van der Waals surface area contributed by atoms with Gasteiger partial charge in [-0.25, -0.2) is 0 Å². The highest BCUT2D eigenvalue weighted by Gasteiger charge is 2.43. The molecule has 98 valence electrons. The fourth-order valence-electron chi connectivity index (χ4n) is 1.04. The Labute approximate surface area is 107 Å². The Hall–Kier alpha value is 0.990. The number of halogens is 1. The van der Waals surface area contributed by atoms with Gasteiger partial charge in [-0.05, 0) is 19.8 Å². The highest BCUT2D eigenvalue weighted by Crippen LogP contribution is 2.61. The zero-order valence-electron chi connectivity index (χ0n) is 8.52. The van der Waals surface area contributed by atoms with Crippen molar-refractivity contribution >= 4 is 37.8 Å². The van der Waals surface area contributed by atoms with Crippen LogP contribution in [0.5, 0.6) is 0 Å². The molecule has 0 heterocycles. The third-order valence-electron chi connectivity index (χ3n) is 2.01. The molecule has 10 heteroatoms. The molecule has 7 nitrogen and oxygen atoms in total. The highest BCUT2D eigenvalue weighted by atomic mass is 127. The molecule has 0 bridgehead atoms.